The predicted octanol–water partition coefficient (Wildman–Crippen LogP) is 2.93. The summed E-state index contributed by atoms with van der Waals surface area (Å²) in [5.74, 6) is 0.399. The molecule has 0 aliphatic carbocycles. The monoisotopic (exact) mass is 234 g/mol. The average molecular weight is 234 g/mol. The van der Waals surface area contributed by atoms with Crippen LogP contribution in [0.5, 0.6) is 5.75 Å². The molecule has 0 unspecified atom stereocenters. The molecular formula is C10H10N4O3. The molecule has 1 aromatic rings. The lowest BCUT2D eigenvalue weighted by Crippen LogP contribution is -1.94. The number of rotatable bonds is 5. The second-order valence-electron chi connectivity index (χ2n) is 2.97. The molecule has 0 amide bonds. The Hall–Kier alpha value is -2.53. The van der Waals surface area contributed by atoms with Gasteiger partial charge in [-0.3, -0.25) is 10.1 Å². The Bertz CT molecular complexity index is 492. The van der Waals surface area contributed by atoms with E-state index in [1.165, 1.54) is 25.3 Å². The SMILES string of the molecule is COc1cccc([N+](=O)[O-])c1C=CCN=[N+]=[N-]. The first-order valence-corrected chi connectivity index (χ1v) is 4.69. The van der Waals surface area contributed by atoms with Gasteiger partial charge in [0.25, 0.3) is 5.69 Å². The molecule has 1 aromatic carbocycles. The van der Waals surface area contributed by atoms with E-state index in [4.69, 9.17) is 10.3 Å². The fourth-order valence-corrected chi connectivity index (χ4v) is 1.29. The third kappa shape index (κ3) is 3.22. The maximum Gasteiger partial charge on any atom is 0.280 e. The van der Waals surface area contributed by atoms with Gasteiger partial charge in [-0.25, -0.2) is 0 Å². The highest BCUT2D eigenvalue weighted by Gasteiger charge is 2.15. The number of azide groups is 1. The second kappa shape index (κ2) is 6.14. The van der Waals surface area contributed by atoms with Crippen molar-refractivity contribution in [1.82, 2.24) is 0 Å². The lowest BCUT2D eigenvalue weighted by molar-refractivity contribution is -0.385. The van der Waals surface area contributed by atoms with E-state index in [0.29, 0.717) is 11.3 Å². The Kier molecular flexibility index (Phi) is 4.53. The van der Waals surface area contributed by atoms with Gasteiger partial charge in [0, 0.05) is 17.5 Å². The molecule has 0 fully saturated rings. The van der Waals surface area contributed by atoms with E-state index in [1.807, 2.05) is 0 Å². The molecule has 7 nitrogen and oxygen atoms in total. The number of benzene rings is 1. The third-order valence-electron chi connectivity index (χ3n) is 1.99. The molecule has 0 radical (unpaired) electrons. The van der Waals surface area contributed by atoms with Crippen LogP contribution in [0.3, 0.4) is 0 Å². The minimum Gasteiger partial charge on any atom is -0.496 e. The first kappa shape index (κ1) is 12.5. The Labute approximate surface area is 97.1 Å². The van der Waals surface area contributed by atoms with Crippen LogP contribution in [0.15, 0.2) is 29.4 Å². The lowest BCUT2D eigenvalue weighted by atomic mass is 10.1. The Balaban J connectivity index is 3.13. The van der Waals surface area contributed by atoms with E-state index >= 15 is 0 Å². The van der Waals surface area contributed by atoms with Crippen LogP contribution in [0, 0.1) is 10.1 Å². The molecule has 0 spiro atoms. The van der Waals surface area contributed by atoms with Crippen molar-refractivity contribution < 1.29 is 9.66 Å². The van der Waals surface area contributed by atoms with Crippen molar-refractivity contribution in [3.05, 3.63) is 50.4 Å². The topological polar surface area (TPSA) is 101 Å². The summed E-state index contributed by atoms with van der Waals surface area (Å²) in [6, 6.07) is 4.55. The van der Waals surface area contributed by atoms with Gasteiger partial charge in [-0.1, -0.05) is 17.3 Å². The molecule has 1 rings (SSSR count). The van der Waals surface area contributed by atoms with Crippen LogP contribution in [0.2, 0.25) is 0 Å². The third-order valence-corrected chi connectivity index (χ3v) is 1.99. The maximum absolute atomic E-state index is 10.8. The highest BCUT2D eigenvalue weighted by atomic mass is 16.6. The van der Waals surface area contributed by atoms with Gasteiger partial charge in [0.15, 0.2) is 0 Å². The summed E-state index contributed by atoms with van der Waals surface area (Å²) in [6.07, 6.45) is 3.04. The number of nitro benzene ring substituents is 1. The van der Waals surface area contributed by atoms with Crippen molar-refractivity contribution >= 4 is 11.8 Å². The number of ether oxygens (including phenoxy) is 1. The maximum atomic E-state index is 10.8. The Morgan fingerprint density at radius 1 is 1.65 bits per heavy atom. The van der Waals surface area contributed by atoms with Crippen LogP contribution in [-0.2, 0) is 0 Å². The summed E-state index contributed by atoms with van der Waals surface area (Å²) in [5.41, 5.74) is 8.40. The molecular weight excluding hydrogens is 224 g/mol. The fraction of sp³-hybridized carbons (Fsp3) is 0.200. The zero-order valence-electron chi connectivity index (χ0n) is 9.11. The van der Waals surface area contributed by atoms with Crippen molar-refractivity contribution in [2.75, 3.05) is 13.7 Å². The minimum atomic E-state index is -0.490. The number of methoxy groups -OCH3 is 1. The van der Waals surface area contributed by atoms with Gasteiger partial charge in [0.2, 0.25) is 0 Å². The van der Waals surface area contributed by atoms with Gasteiger partial charge < -0.3 is 4.74 Å². The molecule has 88 valence electrons. The van der Waals surface area contributed by atoms with E-state index in [1.54, 1.807) is 12.1 Å². The quantitative estimate of drug-likeness (QED) is 0.257. The number of hydrogen-bond acceptors (Lipinski definition) is 4. The van der Waals surface area contributed by atoms with Gasteiger partial charge in [0.05, 0.1) is 17.6 Å². The summed E-state index contributed by atoms with van der Waals surface area (Å²) in [4.78, 5) is 12.9. The first-order valence-electron chi connectivity index (χ1n) is 4.69. The molecule has 7 heteroatoms. The Morgan fingerprint density at radius 3 is 3.00 bits per heavy atom. The molecule has 0 N–H and O–H groups in total. The van der Waals surface area contributed by atoms with E-state index in [2.05, 4.69) is 10.0 Å². The van der Waals surface area contributed by atoms with E-state index < -0.39 is 4.92 Å². The largest absolute Gasteiger partial charge is 0.496 e. The molecule has 0 saturated carbocycles. The molecule has 0 aromatic heterocycles. The molecule has 17 heavy (non-hydrogen) atoms. The van der Waals surface area contributed by atoms with Crippen LogP contribution < -0.4 is 4.74 Å². The van der Waals surface area contributed by atoms with Crippen LogP contribution in [0.4, 0.5) is 5.69 Å². The smallest absolute Gasteiger partial charge is 0.280 e. The van der Waals surface area contributed by atoms with Crippen LogP contribution >= 0.6 is 0 Å². The molecule has 0 saturated heterocycles. The predicted molar refractivity (Wildman–Crippen MR) is 62.7 cm³/mol. The number of nitro groups is 1. The van der Waals surface area contributed by atoms with Crippen LogP contribution in [-0.4, -0.2) is 18.6 Å². The van der Waals surface area contributed by atoms with Gasteiger partial charge in [0.1, 0.15) is 5.75 Å². The molecule has 0 aliphatic heterocycles. The van der Waals surface area contributed by atoms with Crippen molar-refractivity contribution in [2.24, 2.45) is 5.11 Å². The van der Waals surface area contributed by atoms with Crippen LogP contribution in [0.25, 0.3) is 16.5 Å². The summed E-state index contributed by atoms with van der Waals surface area (Å²) < 4.78 is 5.03. The van der Waals surface area contributed by atoms with E-state index in [9.17, 15) is 10.1 Å². The average Bonchev–Trinajstić information content (AvgIpc) is 2.34. The standard InChI is InChI=1S/C10H10N4O3/c1-17-10-6-2-5-9(14(15)16)8(10)4-3-7-12-13-11/h2-6H,7H2,1H3. The number of hydrogen-bond donors (Lipinski definition) is 0. The summed E-state index contributed by atoms with van der Waals surface area (Å²) in [5, 5.41) is 14.1. The van der Waals surface area contributed by atoms with Gasteiger partial charge in [-0.15, -0.1) is 0 Å². The normalized spacial score (nSPS) is 9.94. The van der Waals surface area contributed by atoms with Gasteiger partial charge in [-0.2, -0.15) is 0 Å². The number of nitrogens with zero attached hydrogens (tertiary/aromatic N) is 4. The van der Waals surface area contributed by atoms with E-state index in [-0.39, 0.29) is 12.2 Å². The van der Waals surface area contributed by atoms with Crippen molar-refractivity contribution in [3.63, 3.8) is 0 Å². The van der Waals surface area contributed by atoms with Gasteiger partial charge in [-0.05, 0) is 17.7 Å². The minimum absolute atomic E-state index is 0.0541. The Morgan fingerprint density at radius 2 is 2.41 bits per heavy atom. The van der Waals surface area contributed by atoms with Crippen molar-refractivity contribution in [2.45, 2.75) is 0 Å². The van der Waals surface area contributed by atoms with Crippen molar-refractivity contribution in [3.8, 4) is 5.75 Å². The fourth-order valence-electron chi connectivity index (χ4n) is 1.29. The lowest BCUT2D eigenvalue weighted by Gasteiger charge is -2.04. The molecule has 0 aliphatic rings. The zero-order valence-corrected chi connectivity index (χ0v) is 9.11. The second-order valence-corrected chi connectivity index (χ2v) is 2.97. The summed E-state index contributed by atoms with van der Waals surface area (Å²) in [7, 11) is 1.43. The van der Waals surface area contributed by atoms with Gasteiger partial charge >= 0.3 is 0 Å². The highest BCUT2D eigenvalue weighted by Crippen LogP contribution is 2.29. The summed E-state index contributed by atoms with van der Waals surface area (Å²) >= 11 is 0. The summed E-state index contributed by atoms with van der Waals surface area (Å²) in [6.45, 7) is 0.131. The highest BCUT2D eigenvalue weighted by molar-refractivity contribution is 5.67. The molecule has 0 bridgehead atoms. The van der Waals surface area contributed by atoms with Crippen molar-refractivity contribution in [1.29, 1.82) is 0 Å². The first-order chi connectivity index (χ1) is 8.20. The zero-order chi connectivity index (χ0) is 12.7. The molecule has 0 heterocycles. The van der Waals surface area contributed by atoms with Crippen LogP contribution in [0.1, 0.15) is 5.56 Å². The molecule has 0 atom stereocenters. The van der Waals surface area contributed by atoms with E-state index in [0.717, 1.165) is 0 Å².